The molecule has 1 saturated heterocycles. The monoisotopic (exact) mass is 388 g/mol. The summed E-state index contributed by atoms with van der Waals surface area (Å²) in [6, 6.07) is 8.57. The Hall–Kier alpha value is -1.80. The van der Waals surface area contributed by atoms with Gasteiger partial charge in [-0.2, -0.15) is 0 Å². The normalized spacial score (nSPS) is 17.0. The number of aliphatic hydroxyl groups is 1. The van der Waals surface area contributed by atoms with E-state index in [1.54, 1.807) is 18.3 Å². The molecule has 0 radical (unpaired) electrons. The second-order valence-electron chi connectivity index (χ2n) is 7.25. The Morgan fingerprint density at radius 3 is 2.63 bits per heavy atom. The molecule has 7 heteroatoms. The molecular formula is C20H28N4O2S. The van der Waals surface area contributed by atoms with E-state index in [0.717, 1.165) is 49.0 Å². The molecule has 1 aliphatic heterocycles. The van der Waals surface area contributed by atoms with Gasteiger partial charge < -0.3 is 15.3 Å². The molecule has 2 aromatic rings. The van der Waals surface area contributed by atoms with Gasteiger partial charge in [0.05, 0.1) is 18.2 Å². The number of amides is 1. The van der Waals surface area contributed by atoms with Crippen molar-refractivity contribution in [3.63, 3.8) is 0 Å². The number of benzene rings is 1. The third-order valence-corrected chi connectivity index (χ3v) is 5.63. The molecule has 1 aliphatic rings. The van der Waals surface area contributed by atoms with E-state index < -0.39 is 6.10 Å². The summed E-state index contributed by atoms with van der Waals surface area (Å²) in [6.45, 7) is 7.39. The van der Waals surface area contributed by atoms with Gasteiger partial charge in [0.25, 0.3) is 0 Å². The predicted molar refractivity (Wildman–Crippen MR) is 109 cm³/mol. The molecule has 2 N–H and O–H groups in total. The summed E-state index contributed by atoms with van der Waals surface area (Å²) in [5.74, 6) is -0.115. The van der Waals surface area contributed by atoms with E-state index in [-0.39, 0.29) is 18.9 Å². The van der Waals surface area contributed by atoms with Gasteiger partial charge >= 0.3 is 0 Å². The zero-order valence-electron chi connectivity index (χ0n) is 16.0. The van der Waals surface area contributed by atoms with Crippen LogP contribution < -0.4 is 5.32 Å². The van der Waals surface area contributed by atoms with Crippen molar-refractivity contribution in [3.8, 4) is 10.6 Å². The Morgan fingerprint density at radius 2 is 1.96 bits per heavy atom. The summed E-state index contributed by atoms with van der Waals surface area (Å²) in [5, 5.41) is 14.8. The summed E-state index contributed by atoms with van der Waals surface area (Å²) < 4.78 is 0. The first-order valence-electron chi connectivity index (χ1n) is 9.39. The highest BCUT2D eigenvalue weighted by Gasteiger charge is 2.14. The number of nitrogens with zero attached hydrogens (tertiary/aromatic N) is 3. The molecule has 1 atom stereocenters. The number of carbonyl (C=O) groups is 1. The van der Waals surface area contributed by atoms with Crippen LogP contribution in [0, 0.1) is 0 Å². The highest BCUT2D eigenvalue weighted by atomic mass is 32.1. The number of likely N-dealkylation sites (N-methyl/N-ethyl adjacent to an activating group) is 1. The number of hydrogen-bond donors (Lipinski definition) is 2. The van der Waals surface area contributed by atoms with Crippen molar-refractivity contribution in [2.45, 2.75) is 26.0 Å². The van der Waals surface area contributed by atoms with Crippen LogP contribution in [0.3, 0.4) is 0 Å². The maximum Gasteiger partial charge on any atom is 0.226 e. The largest absolute Gasteiger partial charge is 0.392 e. The molecule has 0 saturated carbocycles. The van der Waals surface area contributed by atoms with E-state index in [2.05, 4.69) is 51.4 Å². The second-order valence-corrected chi connectivity index (χ2v) is 8.11. The Balaban J connectivity index is 1.54. The van der Waals surface area contributed by atoms with Crippen LogP contribution in [0.4, 0.5) is 0 Å². The first kappa shape index (κ1) is 19.9. The number of hydrogen-bond acceptors (Lipinski definition) is 6. The lowest BCUT2D eigenvalue weighted by molar-refractivity contribution is -0.120. The maximum atomic E-state index is 11.9. The van der Waals surface area contributed by atoms with Gasteiger partial charge in [-0.05, 0) is 19.5 Å². The zero-order chi connectivity index (χ0) is 19.2. The van der Waals surface area contributed by atoms with Gasteiger partial charge in [-0.1, -0.05) is 24.3 Å². The summed E-state index contributed by atoms with van der Waals surface area (Å²) in [5.41, 5.74) is 3.16. The SMILES string of the molecule is CC(O)CNC(=O)Cc1csc(-c2ccc(CN3CCN(C)CC3)cc2)n1. The van der Waals surface area contributed by atoms with Crippen LogP contribution in [-0.4, -0.2) is 71.7 Å². The molecule has 1 aromatic carbocycles. The first-order valence-corrected chi connectivity index (χ1v) is 10.3. The first-order chi connectivity index (χ1) is 13.0. The molecule has 146 valence electrons. The van der Waals surface area contributed by atoms with Gasteiger partial charge in [0.1, 0.15) is 5.01 Å². The zero-order valence-corrected chi connectivity index (χ0v) is 16.8. The Morgan fingerprint density at radius 1 is 1.26 bits per heavy atom. The van der Waals surface area contributed by atoms with Gasteiger partial charge in [0, 0.05) is 50.2 Å². The van der Waals surface area contributed by atoms with E-state index in [1.807, 2.05) is 5.38 Å². The molecule has 1 unspecified atom stereocenters. The van der Waals surface area contributed by atoms with Crippen molar-refractivity contribution in [1.82, 2.24) is 20.1 Å². The lowest BCUT2D eigenvalue weighted by Crippen LogP contribution is -2.43. The lowest BCUT2D eigenvalue weighted by Gasteiger charge is -2.32. The van der Waals surface area contributed by atoms with Crippen LogP contribution in [0.15, 0.2) is 29.6 Å². The van der Waals surface area contributed by atoms with Gasteiger partial charge in [0.2, 0.25) is 5.91 Å². The fraction of sp³-hybridized carbons (Fsp3) is 0.500. The molecule has 1 amide bonds. The topological polar surface area (TPSA) is 68.7 Å². The van der Waals surface area contributed by atoms with Crippen molar-refractivity contribution < 1.29 is 9.90 Å². The maximum absolute atomic E-state index is 11.9. The van der Waals surface area contributed by atoms with Crippen LogP contribution in [0.2, 0.25) is 0 Å². The lowest BCUT2D eigenvalue weighted by atomic mass is 10.1. The minimum Gasteiger partial charge on any atom is -0.392 e. The quantitative estimate of drug-likeness (QED) is 0.754. The van der Waals surface area contributed by atoms with E-state index in [0.29, 0.717) is 0 Å². The van der Waals surface area contributed by atoms with Crippen molar-refractivity contribution in [2.75, 3.05) is 39.8 Å². The van der Waals surface area contributed by atoms with Crippen LogP contribution in [0.25, 0.3) is 10.6 Å². The summed E-state index contributed by atoms with van der Waals surface area (Å²) >= 11 is 1.55. The highest BCUT2D eigenvalue weighted by Crippen LogP contribution is 2.24. The molecule has 1 aromatic heterocycles. The smallest absolute Gasteiger partial charge is 0.226 e. The fourth-order valence-corrected chi connectivity index (χ4v) is 3.85. The van der Waals surface area contributed by atoms with Gasteiger partial charge in [-0.3, -0.25) is 9.69 Å². The van der Waals surface area contributed by atoms with Gasteiger partial charge in [-0.25, -0.2) is 4.98 Å². The molecule has 0 aliphatic carbocycles. The van der Waals surface area contributed by atoms with Crippen molar-refractivity contribution in [2.24, 2.45) is 0 Å². The molecule has 3 rings (SSSR count). The number of aliphatic hydroxyl groups excluding tert-OH is 1. The Labute approximate surface area is 164 Å². The Kier molecular flexibility index (Phi) is 6.95. The number of piperazine rings is 1. The van der Waals surface area contributed by atoms with Crippen molar-refractivity contribution in [1.29, 1.82) is 0 Å². The second kappa shape index (κ2) is 9.41. The molecule has 27 heavy (non-hydrogen) atoms. The third-order valence-electron chi connectivity index (χ3n) is 4.69. The molecule has 0 spiro atoms. The van der Waals surface area contributed by atoms with Crippen LogP contribution >= 0.6 is 11.3 Å². The summed E-state index contributed by atoms with van der Waals surface area (Å²) in [6.07, 6.45) is -0.297. The molecular weight excluding hydrogens is 360 g/mol. The number of thiazole rings is 1. The standard InChI is InChI=1S/C20H28N4O2S/c1-15(25)12-21-19(26)11-18-14-27-20(22-18)17-5-3-16(4-6-17)13-24-9-7-23(2)8-10-24/h3-6,14-15,25H,7-13H2,1-2H3,(H,21,26). The summed E-state index contributed by atoms with van der Waals surface area (Å²) in [4.78, 5) is 21.3. The van der Waals surface area contributed by atoms with Crippen LogP contribution in [-0.2, 0) is 17.8 Å². The fourth-order valence-electron chi connectivity index (χ4n) is 3.03. The minimum atomic E-state index is -0.538. The number of rotatable bonds is 7. The molecule has 2 heterocycles. The number of aromatic nitrogens is 1. The van der Waals surface area contributed by atoms with Crippen LogP contribution in [0.5, 0.6) is 0 Å². The van der Waals surface area contributed by atoms with Gasteiger partial charge in [0.15, 0.2) is 0 Å². The average Bonchev–Trinajstić information content (AvgIpc) is 3.11. The Bertz CT molecular complexity index is 737. The minimum absolute atomic E-state index is 0.115. The van der Waals surface area contributed by atoms with Gasteiger partial charge in [-0.15, -0.1) is 11.3 Å². The van der Waals surface area contributed by atoms with Crippen molar-refractivity contribution >= 4 is 17.2 Å². The van der Waals surface area contributed by atoms with Crippen molar-refractivity contribution in [3.05, 3.63) is 40.9 Å². The van der Waals surface area contributed by atoms with E-state index >= 15 is 0 Å². The summed E-state index contributed by atoms with van der Waals surface area (Å²) in [7, 11) is 2.17. The highest BCUT2D eigenvalue weighted by molar-refractivity contribution is 7.13. The molecule has 0 bridgehead atoms. The van der Waals surface area contributed by atoms with Crippen LogP contribution in [0.1, 0.15) is 18.2 Å². The van der Waals surface area contributed by atoms with E-state index in [4.69, 9.17) is 0 Å². The number of carbonyl (C=O) groups excluding carboxylic acids is 1. The van der Waals surface area contributed by atoms with E-state index in [9.17, 15) is 9.90 Å². The third kappa shape index (κ3) is 6.10. The molecule has 1 fully saturated rings. The van der Waals surface area contributed by atoms with E-state index in [1.165, 1.54) is 5.56 Å². The molecule has 6 nitrogen and oxygen atoms in total. The predicted octanol–water partition coefficient (Wildman–Crippen LogP) is 1.60. The number of nitrogens with one attached hydrogen (secondary N) is 1. The average molecular weight is 389 g/mol.